The van der Waals surface area contributed by atoms with Crippen LogP contribution in [0.5, 0.6) is 0 Å². The number of carbonyl (C=O) groups excluding carboxylic acids is 1. The molecule has 0 bridgehead atoms. The topological polar surface area (TPSA) is 203 Å². The minimum atomic E-state index is -1.80. The fraction of sp³-hybridized carbons (Fsp3) is 0.972. The Morgan fingerprint density at radius 3 is 2.16 bits per heavy atom. The van der Waals surface area contributed by atoms with E-state index in [0.29, 0.717) is 13.0 Å². The zero-order valence-corrected chi connectivity index (χ0v) is 32.3. The van der Waals surface area contributed by atoms with E-state index in [-0.39, 0.29) is 31.3 Å². The van der Waals surface area contributed by atoms with E-state index >= 15 is 0 Å². The monoisotopic (exact) mass is 720 g/mol. The molecule has 0 spiro atoms. The zero-order valence-electron chi connectivity index (χ0n) is 32.3. The lowest BCUT2D eigenvalue weighted by Crippen LogP contribution is -2.60. The number of hydrogen-bond acceptors (Lipinski definition) is 14. The number of rotatable bonds is 6. The van der Waals surface area contributed by atoms with Gasteiger partial charge in [-0.3, -0.25) is 4.79 Å². The normalized spacial score (nSPS) is 51.0. The van der Waals surface area contributed by atoms with Gasteiger partial charge in [0.05, 0.1) is 41.5 Å². The molecular weight excluding hydrogens is 652 g/mol. The maximum atomic E-state index is 14.1. The Morgan fingerprint density at radius 1 is 0.960 bits per heavy atom. The lowest BCUT2D eigenvalue weighted by Gasteiger charge is -2.48. The molecule has 14 heteroatoms. The van der Waals surface area contributed by atoms with Crippen molar-refractivity contribution in [2.45, 2.75) is 185 Å². The SMILES string of the molecule is CC[C@H]1OC(=O)[C@H](C)[C@@H](O[C@H]2C[C@](C)(OC)[C@@H](O)C(C)O2)[C@H](C)[C@@H](O[C@@H]2OC(C)C[C@H](N)C2O)[C@](C)(O)C[C@@H](C)CN(C)[C@H](C)[C@@H](O)[C@]1(C)O. The lowest BCUT2D eigenvalue weighted by molar-refractivity contribution is -0.315. The van der Waals surface area contributed by atoms with Crippen LogP contribution in [0.25, 0.3) is 0 Å². The molecular formula is C36H68N2O12. The van der Waals surface area contributed by atoms with Crippen LogP contribution in [0.2, 0.25) is 0 Å². The number of cyclic esters (lactones) is 1. The summed E-state index contributed by atoms with van der Waals surface area (Å²) in [6.07, 6.45) is -8.74. The molecule has 0 saturated carbocycles. The van der Waals surface area contributed by atoms with E-state index in [1.807, 2.05) is 25.8 Å². The number of likely N-dealkylation sites (N-methyl/N-ethyl adjacent to an activating group) is 1. The van der Waals surface area contributed by atoms with Crippen LogP contribution >= 0.6 is 0 Å². The minimum Gasteiger partial charge on any atom is -0.459 e. The van der Waals surface area contributed by atoms with Crippen LogP contribution in [0.15, 0.2) is 0 Å². The number of methoxy groups -OCH3 is 1. The van der Waals surface area contributed by atoms with Gasteiger partial charge >= 0.3 is 5.97 Å². The van der Waals surface area contributed by atoms with E-state index in [0.717, 1.165) is 0 Å². The van der Waals surface area contributed by atoms with Crippen LogP contribution in [0.3, 0.4) is 0 Å². The van der Waals surface area contributed by atoms with Gasteiger partial charge in [0.1, 0.15) is 30.0 Å². The van der Waals surface area contributed by atoms with E-state index in [2.05, 4.69) is 0 Å². The van der Waals surface area contributed by atoms with Gasteiger partial charge < -0.3 is 64.6 Å². The highest BCUT2D eigenvalue weighted by Gasteiger charge is 2.52. The molecule has 3 unspecified atom stereocenters. The molecule has 18 atom stereocenters. The second kappa shape index (κ2) is 17.0. The molecule has 3 rings (SSSR count). The summed E-state index contributed by atoms with van der Waals surface area (Å²) < 4.78 is 37.0. The molecule has 3 fully saturated rings. The summed E-state index contributed by atoms with van der Waals surface area (Å²) in [6, 6.07) is -1.17. The van der Waals surface area contributed by atoms with Crippen molar-refractivity contribution in [3.05, 3.63) is 0 Å². The first kappa shape index (κ1) is 43.4. The Bertz CT molecular complexity index is 1100. The van der Waals surface area contributed by atoms with Crippen molar-refractivity contribution in [2.24, 2.45) is 23.5 Å². The first-order chi connectivity index (χ1) is 23.0. The van der Waals surface area contributed by atoms with Gasteiger partial charge in [-0.05, 0) is 80.7 Å². The standard InChI is InChI=1S/C36H68N2O12/c1-13-25-36(10,44)29(40)22(6)38(11)17-18(2)15-34(8,43)31(50-33-27(39)24(37)14-19(3)46-33)20(4)28(21(5)32(42)48-25)49-26-16-35(9,45-12)30(41)23(7)47-26/h18-31,33,39-41,43-44H,13-17,37H2,1-12H3/t18-,19?,20+,21-,22-,23?,24+,25-,26+,27?,28+,29-,30+,31-,33+,34-,35+,36-/m1/s1. The van der Waals surface area contributed by atoms with Crippen molar-refractivity contribution in [1.29, 1.82) is 0 Å². The Labute approximate surface area is 298 Å². The van der Waals surface area contributed by atoms with Gasteiger partial charge in [-0.1, -0.05) is 20.8 Å². The summed E-state index contributed by atoms with van der Waals surface area (Å²) in [5.74, 6) is -2.64. The van der Waals surface area contributed by atoms with Gasteiger partial charge in [0.2, 0.25) is 0 Å². The zero-order chi connectivity index (χ0) is 38.1. The molecule has 3 aliphatic rings. The van der Waals surface area contributed by atoms with E-state index in [1.165, 1.54) is 14.0 Å². The number of ether oxygens (including phenoxy) is 6. The van der Waals surface area contributed by atoms with Crippen molar-refractivity contribution in [1.82, 2.24) is 4.90 Å². The van der Waals surface area contributed by atoms with Crippen molar-refractivity contribution < 1.29 is 58.7 Å². The summed E-state index contributed by atoms with van der Waals surface area (Å²) >= 11 is 0. The predicted molar refractivity (Wildman–Crippen MR) is 185 cm³/mol. The third-order valence-corrected chi connectivity index (χ3v) is 11.6. The highest BCUT2D eigenvalue weighted by Crippen LogP contribution is 2.40. The average molecular weight is 721 g/mol. The van der Waals surface area contributed by atoms with Crippen LogP contribution in [0, 0.1) is 17.8 Å². The highest BCUT2D eigenvalue weighted by atomic mass is 16.7. The van der Waals surface area contributed by atoms with E-state index in [9.17, 15) is 30.3 Å². The van der Waals surface area contributed by atoms with E-state index in [4.69, 9.17) is 34.2 Å². The Kier molecular flexibility index (Phi) is 14.7. The van der Waals surface area contributed by atoms with Crippen molar-refractivity contribution in [3.63, 3.8) is 0 Å². The number of hydrogen-bond donors (Lipinski definition) is 6. The summed E-state index contributed by atoms with van der Waals surface area (Å²) in [5.41, 5.74) is 1.86. The van der Waals surface area contributed by atoms with Crippen molar-refractivity contribution >= 4 is 5.97 Å². The summed E-state index contributed by atoms with van der Waals surface area (Å²) in [5, 5.41) is 57.4. The number of carbonyl (C=O) groups is 1. The van der Waals surface area contributed by atoms with E-state index in [1.54, 1.807) is 48.5 Å². The minimum absolute atomic E-state index is 0.123. The van der Waals surface area contributed by atoms with Gasteiger partial charge in [0.25, 0.3) is 0 Å². The summed E-state index contributed by atoms with van der Waals surface area (Å²) in [7, 11) is 3.32. The van der Waals surface area contributed by atoms with Gasteiger partial charge in [-0.25, -0.2) is 0 Å². The van der Waals surface area contributed by atoms with Crippen LogP contribution in [0.1, 0.15) is 94.9 Å². The molecule has 3 aliphatic heterocycles. The Balaban J connectivity index is 2.16. The number of aliphatic hydroxyl groups excluding tert-OH is 3. The first-order valence-electron chi connectivity index (χ1n) is 18.3. The first-order valence-corrected chi connectivity index (χ1v) is 18.3. The van der Waals surface area contributed by atoms with Crippen LogP contribution in [0.4, 0.5) is 0 Å². The molecule has 3 heterocycles. The van der Waals surface area contributed by atoms with Crippen molar-refractivity contribution in [3.8, 4) is 0 Å². The van der Waals surface area contributed by atoms with Crippen LogP contribution in [-0.2, 0) is 33.2 Å². The fourth-order valence-electron chi connectivity index (χ4n) is 8.28. The van der Waals surface area contributed by atoms with Gasteiger partial charge in [-0.15, -0.1) is 0 Å². The second-order valence-corrected chi connectivity index (χ2v) is 16.3. The molecule has 0 aromatic heterocycles. The molecule has 14 nitrogen and oxygen atoms in total. The summed E-state index contributed by atoms with van der Waals surface area (Å²) in [6.45, 7) is 17.8. The molecule has 0 aromatic carbocycles. The third kappa shape index (κ3) is 9.55. The van der Waals surface area contributed by atoms with Gasteiger partial charge in [0.15, 0.2) is 12.6 Å². The maximum absolute atomic E-state index is 14.1. The van der Waals surface area contributed by atoms with Crippen LogP contribution < -0.4 is 5.73 Å². The van der Waals surface area contributed by atoms with E-state index < -0.39 is 102 Å². The predicted octanol–water partition coefficient (Wildman–Crippen LogP) is 1.30. The quantitative estimate of drug-likeness (QED) is 0.214. The highest BCUT2D eigenvalue weighted by molar-refractivity contribution is 5.73. The smallest absolute Gasteiger partial charge is 0.311 e. The number of esters is 1. The lowest BCUT2D eigenvalue weighted by atomic mass is 9.77. The Hall–Kier alpha value is -1.01. The molecule has 0 amide bonds. The number of nitrogens with two attached hydrogens (primary N) is 1. The average Bonchev–Trinajstić information content (AvgIpc) is 3.03. The van der Waals surface area contributed by atoms with Crippen LogP contribution in [-0.4, -0.2) is 147 Å². The third-order valence-electron chi connectivity index (χ3n) is 11.6. The molecule has 50 heavy (non-hydrogen) atoms. The number of nitrogens with zero attached hydrogens (tertiary/aromatic N) is 1. The fourth-order valence-corrected chi connectivity index (χ4v) is 8.28. The molecule has 294 valence electrons. The molecule has 0 radical (unpaired) electrons. The summed E-state index contributed by atoms with van der Waals surface area (Å²) in [4.78, 5) is 16.0. The largest absolute Gasteiger partial charge is 0.459 e. The Morgan fingerprint density at radius 2 is 1.58 bits per heavy atom. The van der Waals surface area contributed by atoms with Gasteiger partial charge in [-0.2, -0.15) is 0 Å². The molecule has 0 aromatic rings. The van der Waals surface area contributed by atoms with Gasteiger partial charge in [0, 0.05) is 38.1 Å². The maximum Gasteiger partial charge on any atom is 0.311 e. The molecule has 3 saturated heterocycles. The number of aliphatic hydroxyl groups is 5. The van der Waals surface area contributed by atoms with Crippen molar-refractivity contribution in [2.75, 3.05) is 20.7 Å². The molecule has 7 N–H and O–H groups in total. The molecule has 0 aliphatic carbocycles. The second-order valence-electron chi connectivity index (χ2n) is 16.3.